The van der Waals surface area contributed by atoms with Crippen LogP contribution in [-0.4, -0.2) is 30.6 Å². The summed E-state index contributed by atoms with van der Waals surface area (Å²) in [4.78, 5) is 22.2. The van der Waals surface area contributed by atoms with Crippen molar-refractivity contribution in [3.05, 3.63) is 35.9 Å². The van der Waals surface area contributed by atoms with Crippen molar-refractivity contribution >= 4 is 11.9 Å². The smallest absolute Gasteiger partial charge is 0.303 e. The molecule has 5 heteroatoms. The van der Waals surface area contributed by atoms with Crippen LogP contribution < -0.4 is 5.32 Å². The van der Waals surface area contributed by atoms with Crippen molar-refractivity contribution in [1.29, 1.82) is 0 Å². The molecule has 1 atom stereocenters. The van der Waals surface area contributed by atoms with E-state index in [1.165, 1.54) is 7.11 Å². The van der Waals surface area contributed by atoms with E-state index in [1.807, 2.05) is 30.3 Å². The van der Waals surface area contributed by atoms with Gasteiger partial charge in [-0.3, -0.25) is 9.59 Å². The predicted octanol–water partition coefficient (Wildman–Crippen LogP) is 1.36. The van der Waals surface area contributed by atoms with Crippen LogP contribution in [0, 0.1) is 0 Å². The molecule has 0 aromatic heterocycles. The molecule has 0 aliphatic heterocycles. The fraction of sp³-hybridized carbons (Fsp3) is 0.385. The lowest BCUT2D eigenvalue weighted by Gasteiger charge is -2.15. The number of carbonyl (C=O) groups is 2. The molecule has 0 fully saturated rings. The standard InChI is InChI=1S/C13H17NO4/c1-18-12(10-6-3-2-4-7-10)13(17)14-9-5-8-11(15)16/h2-4,6-7,12H,5,8-9H2,1H3,(H,14,17)(H,15,16). The molecule has 1 unspecified atom stereocenters. The number of ether oxygens (including phenoxy) is 1. The summed E-state index contributed by atoms with van der Waals surface area (Å²) in [5.74, 6) is -1.12. The highest BCUT2D eigenvalue weighted by molar-refractivity contribution is 5.82. The summed E-state index contributed by atoms with van der Waals surface area (Å²) in [7, 11) is 1.47. The Bertz CT molecular complexity index is 391. The molecular weight excluding hydrogens is 234 g/mol. The van der Waals surface area contributed by atoms with E-state index in [0.29, 0.717) is 13.0 Å². The van der Waals surface area contributed by atoms with Crippen LogP contribution in [-0.2, 0) is 14.3 Å². The second-order valence-electron chi connectivity index (χ2n) is 3.81. The molecule has 0 saturated heterocycles. The lowest BCUT2D eigenvalue weighted by molar-refractivity contribution is -0.137. The van der Waals surface area contributed by atoms with Crippen molar-refractivity contribution < 1.29 is 19.4 Å². The molecule has 0 aliphatic rings. The summed E-state index contributed by atoms with van der Waals surface area (Å²) < 4.78 is 5.15. The fourth-order valence-electron chi connectivity index (χ4n) is 1.57. The van der Waals surface area contributed by atoms with Crippen LogP contribution >= 0.6 is 0 Å². The second-order valence-corrected chi connectivity index (χ2v) is 3.81. The first kappa shape index (κ1) is 14.2. The van der Waals surface area contributed by atoms with E-state index >= 15 is 0 Å². The molecule has 18 heavy (non-hydrogen) atoms. The van der Waals surface area contributed by atoms with E-state index in [0.717, 1.165) is 5.56 Å². The first-order valence-corrected chi connectivity index (χ1v) is 5.72. The first-order valence-electron chi connectivity index (χ1n) is 5.72. The van der Waals surface area contributed by atoms with Crippen LogP contribution in [0.15, 0.2) is 30.3 Å². The molecule has 5 nitrogen and oxygen atoms in total. The van der Waals surface area contributed by atoms with Gasteiger partial charge in [-0.25, -0.2) is 0 Å². The second kappa shape index (κ2) is 7.45. The van der Waals surface area contributed by atoms with E-state index in [9.17, 15) is 9.59 Å². The van der Waals surface area contributed by atoms with Gasteiger partial charge in [-0.15, -0.1) is 0 Å². The number of amides is 1. The number of carboxylic acids is 1. The SMILES string of the molecule is COC(C(=O)NCCCC(=O)O)c1ccccc1. The third kappa shape index (κ3) is 4.55. The van der Waals surface area contributed by atoms with Gasteiger partial charge >= 0.3 is 5.97 Å². The van der Waals surface area contributed by atoms with Gasteiger partial charge in [0.05, 0.1) is 0 Å². The lowest BCUT2D eigenvalue weighted by Crippen LogP contribution is -2.31. The molecule has 1 amide bonds. The monoisotopic (exact) mass is 251 g/mol. The Hall–Kier alpha value is -1.88. The summed E-state index contributed by atoms with van der Waals surface area (Å²) in [6.45, 7) is 0.331. The molecule has 98 valence electrons. The Balaban J connectivity index is 2.46. The normalized spacial score (nSPS) is 11.8. The zero-order valence-corrected chi connectivity index (χ0v) is 10.3. The molecule has 2 N–H and O–H groups in total. The molecule has 0 bridgehead atoms. The Morgan fingerprint density at radius 1 is 1.33 bits per heavy atom. The third-order valence-corrected chi connectivity index (χ3v) is 2.44. The molecule has 1 aromatic carbocycles. The van der Waals surface area contributed by atoms with Crippen LogP contribution in [0.4, 0.5) is 0 Å². The maximum Gasteiger partial charge on any atom is 0.303 e. The van der Waals surface area contributed by atoms with Crippen molar-refractivity contribution in [3.8, 4) is 0 Å². The molecule has 0 spiro atoms. The highest BCUT2D eigenvalue weighted by atomic mass is 16.5. The average molecular weight is 251 g/mol. The summed E-state index contributed by atoms with van der Waals surface area (Å²) in [5, 5.41) is 11.1. The van der Waals surface area contributed by atoms with E-state index < -0.39 is 12.1 Å². The number of nitrogens with one attached hydrogen (secondary N) is 1. The third-order valence-electron chi connectivity index (χ3n) is 2.44. The lowest BCUT2D eigenvalue weighted by atomic mass is 10.1. The topological polar surface area (TPSA) is 75.6 Å². The van der Waals surface area contributed by atoms with Gasteiger partial charge in [0.2, 0.25) is 0 Å². The van der Waals surface area contributed by atoms with Gasteiger partial charge in [0.15, 0.2) is 6.10 Å². The fourth-order valence-corrected chi connectivity index (χ4v) is 1.57. The molecule has 0 saturated carbocycles. The average Bonchev–Trinajstić information content (AvgIpc) is 2.36. The van der Waals surface area contributed by atoms with Gasteiger partial charge in [-0.1, -0.05) is 30.3 Å². The summed E-state index contributed by atoms with van der Waals surface area (Å²) in [6, 6.07) is 9.15. The van der Waals surface area contributed by atoms with Gasteiger partial charge in [0.1, 0.15) is 0 Å². The number of hydrogen-bond acceptors (Lipinski definition) is 3. The minimum atomic E-state index is -0.865. The van der Waals surface area contributed by atoms with Crippen molar-refractivity contribution in [2.45, 2.75) is 18.9 Å². The molecule has 1 aromatic rings. The van der Waals surface area contributed by atoms with Crippen molar-refractivity contribution in [2.75, 3.05) is 13.7 Å². The molecule has 1 rings (SSSR count). The summed E-state index contributed by atoms with van der Waals surface area (Å²) >= 11 is 0. The number of carboxylic acid groups (broad SMARTS) is 1. The summed E-state index contributed by atoms with van der Waals surface area (Å²) in [6.07, 6.45) is -0.203. The Labute approximate surface area is 106 Å². The van der Waals surface area contributed by atoms with Crippen LogP contribution in [0.1, 0.15) is 24.5 Å². The van der Waals surface area contributed by atoms with Gasteiger partial charge < -0.3 is 15.2 Å². The predicted molar refractivity (Wildman–Crippen MR) is 66.1 cm³/mol. The van der Waals surface area contributed by atoms with E-state index in [4.69, 9.17) is 9.84 Å². The zero-order valence-electron chi connectivity index (χ0n) is 10.3. The van der Waals surface area contributed by atoms with Crippen molar-refractivity contribution in [3.63, 3.8) is 0 Å². The van der Waals surface area contributed by atoms with Crippen LogP contribution in [0.25, 0.3) is 0 Å². The minimum Gasteiger partial charge on any atom is -0.481 e. The van der Waals surface area contributed by atoms with Crippen LogP contribution in [0.2, 0.25) is 0 Å². The number of carbonyl (C=O) groups excluding carboxylic acids is 1. The number of hydrogen-bond donors (Lipinski definition) is 2. The first-order chi connectivity index (χ1) is 8.65. The quantitative estimate of drug-likeness (QED) is 0.717. The highest BCUT2D eigenvalue weighted by Gasteiger charge is 2.18. The maximum absolute atomic E-state index is 11.8. The number of benzene rings is 1. The highest BCUT2D eigenvalue weighted by Crippen LogP contribution is 2.15. The maximum atomic E-state index is 11.8. The minimum absolute atomic E-state index is 0.0449. The number of rotatable bonds is 7. The van der Waals surface area contributed by atoms with Crippen LogP contribution in [0.3, 0.4) is 0 Å². The molecule has 0 heterocycles. The number of methoxy groups -OCH3 is 1. The van der Waals surface area contributed by atoms with Gasteiger partial charge in [-0.2, -0.15) is 0 Å². The molecule has 0 radical (unpaired) electrons. The van der Waals surface area contributed by atoms with Crippen LogP contribution in [0.5, 0.6) is 0 Å². The zero-order chi connectivity index (χ0) is 13.4. The Kier molecular flexibility index (Phi) is 5.87. The van der Waals surface area contributed by atoms with Crippen molar-refractivity contribution in [2.24, 2.45) is 0 Å². The van der Waals surface area contributed by atoms with Gasteiger partial charge in [0, 0.05) is 20.1 Å². The summed E-state index contributed by atoms with van der Waals surface area (Å²) in [5.41, 5.74) is 0.774. The van der Waals surface area contributed by atoms with Crippen molar-refractivity contribution in [1.82, 2.24) is 5.32 Å². The van der Waals surface area contributed by atoms with Gasteiger partial charge in [0.25, 0.3) is 5.91 Å². The largest absolute Gasteiger partial charge is 0.481 e. The Morgan fingerprint density at radius 2 is 2.00 bits per heavy atom. The Morgan fingerprint density at radius 3 is 2.56 bits per heavy atom. The van der Waals surface area contributed by atoms with E-state index in [1.54, 1.807) is 0 Å². The molecule has 0 aliphatic carbocycles. The number of aliphatic carboxylic acids is 1. The van der Waals surface area contributed by atoms with Gasteiger partial charge in [-0.05, 0) is 12.0 Å². The van der Waals surface area contributed by atoms with E-state index in [2.05, 4.69) is 5.32 Å². The molecular formula is C13H17NO4. The van der Waals surface area contributed by atoms with E-state index in [-0.39, 0.29) is 12.3 Å².